The molecule has 0 radical (unpaired) electrons. The van der Waals surface area contributed by atoms with Gasteiger partial charge in [-0.05, 0) is 44.9 Å². The molecule has 1 aliphatic rings. The Bertz CT molecular complexity index is 653. The minimum absolute atomic E-state index is 0.676. The van der Waals surface area contributed by atoms with Crippen LogP contribution in [-0.2, 0) is 13.1 Å². The van der Waals surface area contributed by atoms with Crippen LogP contribution in [0.5, 0.6) is 5.19 Å². The van der Waals surface area contributed by atoms with Gasteiger partial charge < -0.3 is 4.74 Å². The lowest BCUT2D eigenvalue weighted by Gasteiger charge is -2.35. The van der Waals surface area contributed by atoms with Crippen molar-refractivity contribution in [3.63, 3.8) is 0 Å². The van der Waals surface area contributed by atoms with Crippen LogP contribution >= 0.6 is 11.3 Å². The number of aromatic nitrogens is 2. The van der Waals surface area contributed by atoms with Gasteiger partial charge in [0.05, 0.1) is 13.3 Å². The second-order valence-corrected chi connectivity index (χ2v) is 7.46. The van der Waals surface area contributed by atoms with Crippen molar-refractivity contribution >= 4 is 11.3 Å². The summed E-state index contributed by atoms with van der Waals surface area (Å²) in [6.07, 6.45) is 3.16. The summed E-state index contributed by atoms with van der Waals surface area (Å²) in [5.74, 6) is 0. The smallest absolute Gasteiger partial charge is 0.273 e. The Hall–Kier alpha value is -1.50. The molecule has 1 saturated heterocycles. The van der Waals surface area contributed by atoms with E-state index >= 15 is 0 Å². The summed E-state index contributed by atoms with van der Waals surface area (Å²) in [6.45, 7) is 12.1. The van der Waals surface area contributed by atoms with E-state index in [-0.39, 0.29) is 0 Å². The zero-order valence-corrected chi connectivity index (χ0v) is 15.6. The van der Waals surface area contributed by atoms with Crippen molar-refractivity contribution < 1.29 is 4.74 Å². The lowest BCUT2D eigenvalue weighted by atomic mass is 10.1. The number of aryl methyl sites for hydroxylation is 2. The zero-order chi connectivity index (χ0) is 16.9. The fourth-order valence-electron chi connectivity index (χ4n) is 3.24. The van der Waals surface area contributed by atoms with E-state index in [2.05, 4.69) is 45.7 Å². The summed E-state index contributed by atoms with van der Waals surface area (Å²) >= 11 is 1.66. The van der Waals surface area contributed by atoms with Crippen LogP contribution in [0.1, 0.15) is 35.2 Å². The van der Waals surface area contributed by atoms with E-state index in [4.69, 9.17) is 4.74 Å². The van der Waals surface area contributed by atoms with Gasteiger partial charge in [-0.3, -0.25) is 14.8 Å². The van der Waals surface area contributed by atoms with Crippen LogP contribution in [0.3, 0.4) is 0 Å². The molecule has 5 nitrogen and oxygen atoms in total. The molecule has 2 aromatic rings. The van der Waals surface area contributed by atoms with Gasteiger partial charge in [0.1, 0.15) is 0 Å². The first-order chi connectivity index (χ1) is 11.6. The molecule has 3 rings (SSSR count). The van der Waals surface area contributed by atoms with Gasteiger partial charge in [0.15, 0.2) is 0 Å². The molecule has 130 valence electrons. The molecule has 6 heteroatoms. The Morgan fingerprint density at radius 2 is 1.83 bits per heavy atom. The van der Waals surface area contributed by atoms with E-state index < -0.39 is 0 Å². The van der Waals surface area contributed by atoms with Gasteiger partial charge in [0.2, 0.25) is 0 Å². The summed E-state index contributed by atoms with van der Waals surface area (Å²) in [5.41, 5.74) is 3.57. The molecule has 0 bridgehead atoms. The van der Waals surface area contributed by atoms with Gasteiger partial charge >= 0.3 is 0 Å². The van der Waals surface area contributed by atoms with E-state index in [9.17, 15) is 0 Å². The second-order valence-electron chi connectivity index (χ2n) is 6.38. The van der Waals surface area contributed by atoms with Crippen LogP contribution in [0.4, 0.5) is 0 Å². The first-order valence-electron chi connectivity index (χ1n) is 8.59. The number of hydrogen-bond donors (Lipinski definition) is 0. The van der Waals surface area contributed by atoms with Gasteiger partial charge in [-0.2, -0.15) is 0 Å². The van der Waals surface area contributed by atoms with Crippen molar-refractivity contribution in [2.24, 2.45) is 0 Å². The van der Waals surface area contributed by atoms with Crippen molar-refractivity contribution in [1.29, 1.82) is 0 Å². The van der Waals surface area contributed by atoms with Crippen LogP contribution in [0.15, 0.2) is 18.3 Å². The molecule has 0 N–H and O–H groups in total. The van der Waals surface area contributed by atoms with Crippen LogP contribution in [0, 0.1) is 13.8 Å². The monoisotopic (exact) mass is 346 g/mol. The Labute approximate surface area is 148 Å². The Morgan fingerprint density at radius 3 is 2.54 bits per heavy atom. The zero-order valence-electron chi connectivity index (χ0n) is 14.8. The Morgan fingerprint density at radius 1 is 1.12 bits per heavy atom. The number of nitrogens with zero attached hydrogens (tertiary/aromatic N) is 4. The SMILES string of the molecule is CCOc1ncc(CN2CCCN(Cc3cc(C)nc(C)c3)C2)s1. The normalized spacial score (nSPS) is 16.5. The lowest BCUT2D eigenvalue weighted by molar-refractivity contribution is 0.0753. The average molecular weight is 347 g/mol. The Kier molecular flexibility index (Phi) is 5.81. The summed E-state index contributed by atoms with van der Waals surface area (Å²) in [5, 5.41) is 0.782. The number of rotatable bonds is 6. The second kappa shape index (κ2) is 8.05. The fourth-order valence-corrected chi connectivity index (χ4v) is 4.10. The van der Waals surface area contributed by atoms with Crippen molar-refractivity contribution in [2.45, 2.75) is 40.3 Å². The molecule has 0 aliphatic carbocycles. The molecule has 0 aromatic carbocycles. The third-order valence-corrected chi connectivity index (χ3v) is 4.97. The molecule has 3 heterocycles. The largest absolute Gasteiger partial charge is 0.470 e. The van der Waals surface area contributed by atoms with Gasteiger partial charge in [-0.25, -0.2) is 4.98 Å². The van der Waals surface area contributed by atoms with Gasteiger partial charge in [0, 0.05) is 48.6 Å². The van der Waals surface area contributed by atoms with Gasteiger partial charge in [-0.1, -0.05) is 11.3 Å². The highest BCUT2D eigenvalue weighted by atomic mass is 32.1. The molecule has 0 amide bonds. The number of thiazole rings is 1. The summed E-state index contributed by atoms with van der Waals surface area (Å²) in [6, 6.07) is 4.40. The molecule has 1 fully saturated rings. The number of hydrogen-bond acceptors (Lipinski definition) is 6. The maximum absolute atomic E-state index is 5.47. The number of pyridine rings is 1. The van der Waals surface area contributed by atoms with E-state index in [1.54, 1.807) is 11.3 Å². The van der Waals surface area contributed by atoms with Crippen molar-refractivity contribution in [2.75, 3.05) is 26.4 Å². The molecule has 1 aliphatic heterocycles. The molecule has 24 heavy (non-hydrogen) atoms. The van der Waals surface area contributed by atoms with Crippen LogP contribution in [0.25, 0.3) is 0 Å². The molecular weight excluding hydrogens is 320 g/mol. The maximum atomic E-state index is 5.47. The van der Waals surface area contributed by atoms with E-state index in [0.717, 1.165) is 49.4 Å². The van der Waals surface area contributed by atoms with Crippen molar-refractivity contribution in [3.05, 3.63) is 40.2 Å². The van der Waals surface area contributed by atoms with Gasteiger partial charge in [0.25, 0.3) is 5.19 Å². The van der Waals surface area contributed by atoms with Crippen LogP contribution < -0.4 is 4.74 Å². The highest BCUT2D eigenvalue weighted by Crippen LogP contribution is 2.23. The molecular formula is C18H26N4OS. The van der Waals surface area contributed by atoms with Crippen LogP contribution in [0.2, 0.25) is 0 Å². The third kappa shape index (κ3) is 4.75. The first-order valence-corrected chi connectivity index (χ1v) is 9.40. The van der Waals surface area contributed by atoms with E-state index in [1.165, 1.54) is 16.9 Å². The van der Waals surface area contributed by atoms with Gasteiger partial charge in [-0.15, -0.1) is 0 Å². The molecule has 0 unspecified atom stereocenters. The molecule has 0 atom stereocenters. The summed E-state index contributed by atoms with van der Waals surface area (Å²) in [7, 11) is 0. The minimum atomic E-state index is 0.676. The van der Waals surface area contributed by atoms with E-state index in [1.807, 2.05) is 13.1 Å². The third-order valence-electron chi connectivity index (χ3n) is 4.08. The van der Waals surface area contributed by atoms with E-state index in [0.29, 0.717) is 6.61 Å². The average Bonchev–Trinajstić information content (AvgIpc) is 2.94. The summed E-state index contributed by atoms with van der Waals surface area (Å²) < 4.78 is 5.47. The minimum Gasteiger partial charge on any atom is -0.470 e. The van der Waals surface area contributed by atoms with Crippen LogP contribution in [-0.4, -0.2) is 46.1 Å². The maximum Gasteiger partial charge on any atom is 0.273 e. The molecule has 0 spiro atoms. The number of ether oxygens (including phenoxy) is 1. The fraction of sp³-hybridized carbons (Fsp3) is 0.556. The topological polar surface area (TPSA) is 41.5 Å². The first kappa shape index (κ1) is 17.3. The molecule has 0 saturated carbocycles. The predicted octanol–water partition coefficient (Wildman–Crippen LogP) is 3.22. The quantitative estimate of drug-likeness (QED) is 0.803. The highest BCUT2D eigenvalue weighted by molar-refractivity contribution is 7.13. The predicted molar refractivity (Wildman–Crippen MR) is 97.3 cm³/mol. The van der Waals surface area contributed by atoms with Crippen molar-refractivity contribution in [3.8, 4) is 5.19 Å². The molecule has 2 aromatic heterocycles. The highest BCUT2D eigenvalue weighted by Gasteiger charge is 2.19. The summed E-state index contributed by atoms with van der Waals surface area (Å²) in [4.78, 5) is 15.1. The standard InChI is InChI=1S/C18H26N4OS/c1-4-23-18-19-10-17(24-18)12-22-7-5-6-21(13-22)11-16-8-14(2)20-15(3)9-16/h8-10H,4-7,11-13H2,1-3H3. The van der Waals surface area contributed by atoms with Crippen molar-refractivity contribution in [1.82, 2.24) is 19.8 Å². The Balaban J connectivity index is 1.57. The lowest BCUT2D eigenvalue weighted by Crippen LogP contribution is -2.43.